The smallest absolute Gasteiger partial charge is 0.253 e. The van der Waals surface area contributed by atoms with Crippen LogP contribution in [0.5, 0.6) is 0 Å². The number of anilines is 1. The topological polar surface area (TPSA) is 89.4 Å². The molecule has 114 valence electrons. The predicted octanol–water partition coefficient (Wildman–Crippen LogP) is 1.92. The van der Waals surface area contributed by atoms with Crippen LogP contribution in [0, 0.1) is 0 Å². The first-order valence-corrected chi connectivity index (χ1v) is 7.79. The standard InChI is InChI=1S/C14H16N6OS/c1-3-5-19(2)14(21)9-7-10(15)20-11(8-9)17-12(18-20)13-16-4-6-22-13/h4,6-8H,3,5,15H2,1-2H3. The summed E-state index contributed by atoms with van der Waals surface area (Å²) in [5, 5.41) is 6.92. The molecular formula is C14H16N6OS. The molecule has 3 aromatic heterocycles. The number of fused-ring (bicyclic) bond motifs is 1. The molecule has 7 nitrogen and oxygen atoms in total. The molecule has 2 N–H and O–H groups in total. The van der Waals surface area contributed by atoms with Crippen molar-refractivity contribution in [1.29, 1.82) is 0 Å². The van der Waals surface area contributed by atoms with E-state index in [1.54, 1.807) is 30.3 Å². The lowest BCUT2D eigenvalue weighted by Gasteiger charge is -2.16. The highest BCUT2D eigenvalue weighted by molar-refractivity contribution is 7.13. The van der Waals surface area contributed by atoms with Gasteiger partial charge in [0.15, 0.2) is 10.7 Å². The number of pyridine rings is 1. The maximum absolute atomic E-state index is 12.4. The fraction of sp³-hybridized carbons (Fsp3) is 0.286. The molecule has 8 heteroatoms. The Kier molecular flexibility index (Phi) is 3.76. The molecule has 0 fully saturated rings. The minimum atomic E-state index is -0.0742. The third-order valence-electron chi connectivity index (χ3n) is 3.24. The Bertz CT molecular complexity index is 810. The van der Waals surface area contributed by atoms with Crippen LogP contribution in [0.3, 0.4) is 0 Å². The van der Waals surface area contributed by atoms with Gasteiger partial charge in [0.2, 0.25) is 5.82 Å². The van der Waals surface area contributed by atoms with E-state index in [0.29, 0.717) is 29.4 Å². The third-order valence-corrected chi connectivity index (χ3v) is 4.01. The van der Waals surface area contributed by atoms with Crippen LogP contribution >= 0.6 is 11.3 Å². The van der Waals surface area contributed by atoms with Crippen LogP contribution in [0.4, 0.5) is 5.82 Å². The molecule has 1 amide bonds. The van der Waals surface area contributed by atoms with Gasteiger partial charge in [0.25, 0.3) is 5.91 Å². The molecule has 0 aromatic carbocycles. The number of hydrogen-bond acceptors (Lipinski definition) is 6. The summed E-state index contributed by atoms with van der Waals surface area (Å²) in [6.45, 7) is 2.72. The number of hydrogen-bond donors (Lipinski definition) is 1. The second-order valence-electron chi connectivity index (χ2n) is 4.94. The van der Waals surface area contributed by atoms with Gasteiger partial charge in [-0.25, -0.2) is 9.97 Å². The average molecular weight is 316 g/mol. The third kappa shape index (κ3) is 2.52. The molecule has 22 heavy (non-hydrogen) atoms. The van der Waals surface area contributed by atoms with Crippen molar-refractivity contribution >= 4 is 28.7 Å². The van der Waals surface area contributed by atoms with Gasteiger partial charge in [0, 0.05) is 30.7 Å². The van der Waals surface area contributed by atoms with Crippen molar-refractivity contribution in [3.63, 3.8) is 0 Å². The lowest BCUT2D eigenvalue weighted by Crippen LogP contribution is -2.27. The van der Waals surface area contributed by atoms with Crippen LogP contribution in [-0.4, -0.2) is 44.0 Å². The largest absolute Gasteiger partial charge is 0.384 e. The monoisotopic (exact) mass is 316 g/mol. The zero-order valence-electron chi connectivity index (χ0n) is 12.4. The van der Waals surface area contributed by atoms with Gasteiger partial charge in [0.05, 0.1) is 0 Å². The fourth-order valence-corrected chi connectivity index (χ4v) is 2.78. The van der Waals surface area contributed by atoms with Crippen molar-refractivity contribution in [3.05, 3.63) is 29.3 Å². The summed E-state index contributed by atoms with van der Waals surface area (Å²) in [5.74, 6) is 0.809. The average Bonchev–Trinajstić information content (AvgIpc) is 3.15. The summed E-state index contributed by atoms with van der Waals surface area (Å²) in [6, 6.07) is 3.33. The minimum Gasteiger partial charge on any atom is -0.384 e. The van der Waals surface area contributed by atoms with Crippen LogP contribution in [0.1, 0.15) is 23.7 Å². The Balaban J connectivity index is 2.03. The van der Waals surface area contributed by atoms with Crippen molar-refractivity contribution in [2.45, 2.75) is 13.3 Å². The lowest BCUT2D eigenvalue weighted by molar-refractivity contribution is 0.0795. The highest BCUT2D eigenvalue weighted by atomic mass is 32.1. The number of nitrogens with zero attached hydrogens (tertiary/aromatic N) is 5. The van der Waals surface area contributed by atoms with Gasteiger partial charge >= 0.3 is 0 Å². The summed E-state index contributed by atoms with van der Waals surface area (Å²) < 4.78 is 1.52. The van der Waals surface area contributed by atoms with Crippen LogP contribution in [0.15, 0.2) is 23.7 Å². The Morgan fingerprint density at radius 1 is 1.45 bits per heavy atom. The zero-order valence-corrected chi connectivity index (χ0v) is 13.2. The fourth-order valence-electron chi connectivity index (χ4n) is 2.21. The summed E-state index contributed by atoms with van der Waals surface area (Å²) in [5.41, 5.74) is 7.06. The van der Waals surface area contributed by atoms with Gasteiger partial charge in [0.1, 0.15) is 5.82 Å². The molecule has 0 spiro atoms. The highest BCUT2D eigenvalue weighted by Gasteiger charge is 2.16. The minimum absolute atomic E-state index is 0.0742. The van der Waals surface area contributed by atoms with Crippen LogP contribution in [0.25, 0.3) is 16.5 Å². The summed E-state index contributed by atoms with van der Waals surface area (Å²) in [7, 11) is 1.77. The maximum atomic E-state index is 12.4. The molecule has 0 unspecified atom stereocenters. The van der Waals surface area contributed by atoms with Gasteiger partial charge in [-0.3, -0.25) is 4.79 Å². The van der Waals surface area contributed by atoms with Crippen molar-refractivity contribution in [2.24, 2.45) is 0 Å². The van der Waals surface area contributed by atoms with Gasteiger partial charge in [-0.05, 0) is 18.6 Å². The van der Waals surface area contributed by atoms with E-state index in [9.17, 15) is 4.79 Å². The first-order valence-electron chi connectivity index (χ1n) is 6.91. The molecule has 0 atom stereocenters. The SMILES string of the molecule is CCCN(C)C(=O)c1cc(N)n2nc(-c3nccs3)nc2c1. The molecule has 0 radical (unpaired) electrons. The Morgan fingerprint density at radius 3 is 2.95 bits per heavy atom. The molecule has 0 aliphatic heterocycles. The van der Waals surface area contributed by atoms with Crippen LogP contribution in [-0.2, 0) is 0 Å². The zero-order chi connectivity index (χ0) is 15.7. The predicted molar refractivity (Wildman–Crippen MR) is 85.8 cm³/mol. The number of nitrogens with two attached hydrogens (primary N) is 1. The van der Waals surface area contributed by atoms with E-state index >= 15 is 0 Å². The lowest BCUT2D eigenvalue weighted by atomic mass is 10.2. The van der Waals surface area contributed by atoms with E-state index in [1.165, 1.54) is 15.9 Å². The highest BCUT2D eigenvalue weighted by Crippen LogP contribution is 2.21. The quantitative estimate of drug-likeness (QED) is 0.794. The first-order chi connectivity index (χ1) is 10.6. The number of amides is 1. The number of nitrogen functional groups attached to an aromatic ring is 1. The van der Waals surface area contributed by atoms with Gasteiger partial charge in [-0.15, -0.1) is 16.4 Å². The van der Waals surface area contributed by atoms with Crippen molar-refractivity contribution in [2.75, 3.05) is 19.3 Å². The number of thiazole rings is 1. The van der Waals surface area contributed by atoms with E-state index in [1.807, 2.05) is 12.3 Å². The molecule has 3 aromatic rings. The van der Waals surface area contributed by atoms with E-state index in [-0.39, 0.29) is 5.91 Å². The van der Waals surface area contributed by atoms with Crippen molar-refractivity contribution in [3.8, 4) is 10.8 Å². The molecule has 3 heterocycles. The van der Waals surface area contributed by atoms with E-state index in [0.717, 1.165) is 11.4 Å². The molecule has 0 aliphatic rings. The number of carbonyl (C=O) groups is 1. The first kappa shape index (κ1) is 14.5. The van der Waals surface area contributed by atoms with Crippen LogP contribution < -0.4 is 5.73 Å². The van der Waals surface area contributed by atoms with Gasteiger partial charge in [-0.1, -0.05) is 6.92 Å². The molecule has 3 rings (SSSR count). The Hall–Kier alpha value is -2.48. The number of rotatable bonds is 4. The normalized spacial score (nSPS) is 11.0. The van der Waals surface area contributed by atoms with Gasteiger partial charge in [-0.2, -0.15) is 4.52 Å². The number of carbonyl (C=O) groups excluding carboxylic acids is 1. The summed E-state index contributed by atoms with van der Waals surface area (Å²) in [4.78, 5) is 22.6. The second kappa shape index (κ2) is 5.72. The van der Waals surface area contributed by atoms with Crippen molar-refractivity contribution < 1.29 is 4.79 Å². The number of aromatic nitrogens is 4. The second-order valence-corrected chi connectivity index (χ2v) is 5.83. The Morgan fingerprint density at radius 2 is 2.27 bits per heavy atom. The molecule has 0 saturated carbocycles. The van der Waals surface area contributed by atoms with E-state index in [4.69, 9.17) is 5.73 Å². The molecular weight excluding hydrogens is 300 g/mol. The van der Waals surface area contributed by atoms with Crippen molar-refractivity contribution in [1.82, 2.24) is 24.5 Å². The molecule has 0 aliphatic carbocycles. The van der Waals surface area contributed by atoms with E-state index < -0.39 is 0 Å². The Labute approximate surface area is 131 Å². The summed E-state index contributed by atoms with van der Waals surface area (Å²) >= 11 is 1.45. The van der Waals surface area contributed by atoms with Gasteiger partial charge < -0.3 is 10.6 Å². The van der Waals surface area contributed by atoms with Crippen LogP contribution in [0.2, 0.25) is 0 Å². The molecule has 0 bridgehead atoms. The maximum Gasteiger partial charge on any atom is 0.253 e. The summed E-state index contributed by atoms with van der Waals surface area (Å²) in [6.07, 6.45) is 2.60. The van der Waals surface area contributed by atoms with E-state index in [2.05, 4.69) is 15.1 Å². The molecule has 0 saturated heterocycles.